The minimum Gasteiger partial charge on any atom is -0.388 e. The number of rotatable bonds is 13. The van der Waals surface area contributed by atoms with Gasteiger partial charge >= 0.3 is 0 Å². The molecule has 0 radical (unpaired) electrons. The van der Waals surface area contributed by atoms with E-state index >= 15 is 0 Å². The van der Waals surface area contributed by atoms with Crippen LogP contribution >= 0.6 is 12.4 Å². The molecule has 0 spiro atoms. The van der Waals surface area contributed by atoms with Crippen molar-refractivity contribution in [3.8, 4) is 0 Å². The monoisotopic (exact) mass is 628 g/mol. The summed E-state index contributed by atoms with van der Waals surface area (Å²) in [5.41, 5.74) is 6.89. The highest BCUT2D eigenvalue weighted by Crippen LogP contribution is 2.25. The Bertz CT molecular complexity index is 1180. The number of carbonyl (C=O) groups is 3. The van der Waals surface area contributed by atoms with Crippen molar-refractivity contribution in [1.82, 2.24) is 20.0 Å². The molecule has 2 heterocycles. The van der Waals surface area contributed by atoms with Crippen molar-refractivity contribution >= 4 is 35.8 Å². The highest BCUT2D eigenvalue weighted by molar-refractivity contribution is 5.95. The zero-order valence-corrected chi connectivity index (χ0v) is 26.7. The maximum atomic E-state index is 13.4. The van der Waals surface area contributed by atoms with Crippen LogP contribution in [0, 0.1) is 5.92 Å². The highest BCUT2D eigenvalue weighted by atomic mass is 35.5. The van der Waals surface area contributed by atoms with Gasteiger partial charge in [-0.2, -0.15) is 0 Å². The molecule has 10 nitrogen and oxygen atoms in total. The number of hydrogen-bond acceptors (Lipinski definition) is 7. The van der Waals surface area contributed by atoms with Gasteiger partial charge in [0.05, 0.1) is 5.60 Å². The van der Waals surface area contributed by atoms with Gasteiger partial charge in [0.25, 0.3) is 5.91 Å². The minimum atomic E-state index is -1.07. The molecular weight excluding hydrogens is 580 g/mol. The van der Waals surface area contributed by atoms with Gasteiger partial charge in [-0.05, 0) is 75.5 Å². The number of halogens is 1. The molecule has 2 aromatic rings. The quantitative estimate of drug-likeness (QED) is 0.268. The summed E-state index contributed by atoms with van der Waals surface area (Å²) >= 11 is 0. The van der Waals surface area contributed by atoms with E-state index in [-0.39, 0.29) is 42.6 Å². The number of nitrogens with two attached hydrogens (primary N) is 1. The van der Waals surface area contributed by atoms with Crippen LogP contribution in [0.2, 0.25) is 0 Å². The summed E-state index contributed by atoms with van der Waals surface area (Å²) in [5.74, 6) is -0.366. The molecule has 2 aromatic carbocycles. The van der Waals surface area contributed by atoms with Crippen molar-refractivity contribution < 1.29 is 19.5 Å². The first-order valence-electron chi connectivity index (χ1n) is 15.6. The summed E-state index contributed by atoms with van der Waals surface area (Å²) in [7, 11) is 2.11. The maximum Gasteiger partial charge on any atom is 0.251 e. The van der Waals surface area contributed by atoms with E-state index in [9.17, 15) is 19.5 Å². The smallest absolute Gasteiger partial charge is 0.251 e. The predicted molar refractivity (Wildman–Crippen MR) is 176 cm³/mol. The molecule has 11 heteroatoms. The third-order valence-electron chi connectivity index (χ3n) is 8.70. The average molecular weight is 629 g/mol. The molecule has 44 heavy (non-hydrogen) atoms. The molecule has 2 aliphatic heterocycles. The zero-order valence-electron chi connectivity index (χ0n) is 25.9. The van der Waals surface area contributed by atoms with E-state index in [1.54, 1.807) is 24.3 Å². The fraction of sp³-hybridized carbons (Fsp3) is 0.545. The van der Waals surface area contributed by atoms with Crippen molar-refractivity contribution in [2.24, 2.45) is 11.7 Å². The van der Waals surface area contributed by atoms with E-state index in [1.165, 1.54) is 0 Å². The lowest BCUT2D eigenvalue weighted by atomic mass is 9.88. The Hall–Kier alpha value is -3.02. The Labute approximate surface area is 267 Å². The fourth-order valence-corrected chi connectivity index (χ4v) is 5.76. The first-order valence-corrected chi connectivity index (χ1v) is 15.6. The van der Waals surface area contributed by atoms with Crippen molar-refractivity contribution in [2.75, 3.05) is 71.3 Å². The van der Waals surface area contributed by atoms with E-state index in [4.69, 9.17) is 5.73 Å². The second-order valence-corrected chi connectivity index (χ2v) is 12.1. The van der Waals surface area contributed by atoms with Crippen molar-refractivity contribution in [3.05, 3.63) is 65.7 Å². The number of likely N-dealkylation sites (tertiary alicyclic amines) is 1. The third-order valence-corrected chi connectivity index (χ3v) is 8.70. The molecule has 2 aliphatic rings. The van der Waals surface area contributed by atoms with Crippen LogP contribution in [0.5, 0.6) is 0 Å². The zero-order chi connectivity index (χ0) is 30.7. The standard InChI is InChI=1S/C33H48N6O4.ClH/c1-37-20-22-38(23-21-37)17-13-30(40)36-29-11-9-27(10-12-29)31(41)35-25-33(43)14-18-39(19-15-33)32(42)28(8-5-16-34)24-26-6-3-2-4-7-26;/h2-4,6-7,9-12,28,43H,5,8,13-25,34H2,1H3,(H,35,41)(H,36,40);1H. The van der Waals surface area contributed by atoms with Crippen LogP contribution in [-0.2, 0) is 16.0 Å². The summed E-state index contributed by atoms with van der Waals surface area (Å²) in [6.45, 7) is 6.28. The number of piperazine rings is 1. The van der Waals surface area contributed by atoms with Gasteiger partial charge in [-0.25, -0.2) is 0 Å². The van der Waals surface area contributed by atoms with Crippen LogP contribution in [0.4, 0.5) is 5.69 Å². The number of amides is 3. The number of nitrogens with one attached hydrogen (secondary N) is 2. The second-order valence-electron chi connectivity index (χ2n) is 12.1. The molecule has 3 amide bonds. The van der Waals surface area contributed by atoms with Crippen molar-refractivity contribution in [1.29, 1.82) is 0 Å². The summed E-state index contributed by atoms with van der Waals surface area (Å²) in [4.78, 5) is 45.0. The Balaban J connectivity index is 0.00000529. The molecule has 4 rings (SSSR count). The predicted octanol–water partition coefficient (Wildman–Crippen LogP) is 2.37. The summed E-state index contributed by atoms with van der Waals surface area (Å²) in [6, 6.07) is 16.8. The summed E-state index contributed by atoms with van der Waals surface area (Å²) < 4.78 is 0. The third kappa shape index (κ3) is 10.9. The number of hydrogen-bond donors (Lipinski definition) is 4. The lowest BCUT2D eigenvalue weighted by molar-refractivity contribution is -0.140. The van der Waals surface area contributed by atoms with Crippen LogP contribution < -0.4 is 16.4 Å². The fourth-order valence-electron chi connectivity index (χ4n) is 5.76. The van der Waals surface area contributed by atoms with Crippen molar-refractivity contribution in [3.63, 3.8) is 0 Å². The number of benzene rings is 2. The van der Waals surface area contributed by atoms with Crippen LogP contribution in [0.15, 0.2) is 54.6 Å². The Morgan fingerprint density at radius 2 is 1.61 bits per heavy atom. The molecule has 0 bridgehead atoms. The molecule has 2 saturated heterocycles. The van der Waals surface area contributed by atoms with Gasteiger partial charge in [0, 0.05) is 75.9 Å². The van der Waals surface area contributed by atoms with Crippen LogP contribution in [-0.4, -0.2) is 109 Å². The van der Waals surface area contributed by atoms with Crippen LogP contribution in [0.25, 0.3) is 0 Å². The molecule has 0 aliphatic carbocycles. The van der Waals surface area contributed by atoms with Gasteiger partial charge in [-0.1, -0.05) is 30.3 Å². The lowest BCUT2D eigenvalue weighted by Gasteiger charge is -2.39. The number of likely N-dealkylation sites (N-methyl/N-ethyl adjacent to an activating group) is 1. The Kier molecular flexibility index (Phi) is 14.1. The van der Waals surface area contributed by atoms with Gasteiger partial charge in [0.15, 0.2) is 0 Å². The van der Waals surface area contributed by atoms with E-state index in [1.807, 2.05) is 35.2 Å². The number of nitrogens with zero attached hydrogens (tertiary/aromatic N) is 3. The average Bonchev–Trinajstić information content (AvgIpc) is 3.02. The largest absolute Gasteiger partial charge is 0.388 e. The van der Waals surface area contributed by atoms with Gasteiger partial charge in [0.1, 0.15) is 0 Å². The summed E-state index contributed by atoms with van der Waals surface area (Å²) in [6.07, 6.45) is 3.42. The Morgan fingerprint density at radius 3 is 2.25 bits per heavy atom. The van der Waals surface area contributed by atoms with Crippen LogP contribution in [0.1, 0.15) is 48.0 Å². The lowest BCUT2D eigenvalue weighted by Crippen LogP contribution is -2.53. The van der Waals surface area contributed by atoms with E-state index in [0.29, 0.717) is 56.6 Å². The number of carbonyl (C=O) groups excluding carboxylic acids is 3. The van der Waals surface area contributed by atoms with Gasteiger partial charge in [-0.3, -0.25) is 14.4 Å². The minimum absolute atomic E-state index is 0. The molecule has 242 valence electrons. The number of piperidine rings is 1. The van der Waals surface area contributed by atoms with Crippen LogP contribution in [0.3, 0.4) is 0 Å². The van der Waals surface area contributed by atoms with Gasteiger partial charge in [-0.15, -0.1) is 12.4 Å². The second kappa shape index (κ2) is 17.5. The molecule has 5 N–H and O–H groups in total. The maximum absolute atomic E-state index is 13.4. The number of anilines is 1. The SMILES string of the molecule is CN1CCN(CCC(=O)Nc2ccc(C(=O)NCC3(O)CCN(C(=O)C(CCCN)Cc4ccccc4)CC3)cc2)CC1.Cl. The van der Waals surface area contributed by atoms with Gasteiger partial charge < -0.3 is 36.2 Å². The first kappa shape index (κ1) is 35.5. The summed E-state index contributed by atoms with van der Waals surface area (Å²) in [5, 5.41) is 16.9. The molecule has 1 unspecified atom stereocenters. The van der Waals surface area contributed by atoms with Crippen molar-refractivity contribution in [2.45, 2.75) is 44.1 Å². The molecule has 0 aromatic heterocycles. The topological polar surface area (TPSA) is 131 Å². The van der Waals surface area contributed by atoms with Gasteiger partial charge in [0.2, 0.25) is 11.8 Å². The Morgan fingerprint density at radius 1 is 0.955 bits per heavy atom. The molecule has 1 atom stereocenters. The molecular formula is C33H49ClN6O4. The number of aliphatic hydroxyl groups is 1. The first-order chi connectivity index (χ1) is 20.7. The van der Waals surface area contributed by atoms with E-state index < -0.39 is 5.60 Å². The van der Waals surface area contributed by atoms with E-state index in [0.717, 1.165) is 51.1 Å². The highest BCUT2D eigenvalue weighted by Gasteiger charge is 2.36. The normalized spacial score (nSPS) is 17.8. The molecule has 0 saturated carbocycles. The van der Waals surface area contributed by atoms with E-state index in [2.05, 4.69) is 27.5 Å². The molecule has 2 fully saturated rings.